The van der Waals surface area contributed by atoms with Crippen molar-refractivity contribution in [3.05, 3.63) is 0 Å². The summed E-state index contributed by atoms with van der Waals surface area (Å²) in [7, 11) is 0. The Labute approximate surface area is 91.1 Å². The Morgan fingerprint density at radius 1 is 1.53 bits per heavy atom. The van der Waals surface area contributed by atoms with E-state index in [-0.39, 0.29) is 5.54 Å². The van der Waals surface area contributed by atoms with E-state index in [1.165, 1.54) is 32.5 Å². The molecular formula is C11H20N4. The van der Waals surface area contributed by atoms with Crippen molar-refractivity contribution in [3.8, 4) is 0 Å². The number of nitrogens with zero attached hydrogens (tertiary/aromatic N) is 3. The number of hydrogen-bond donors (Lipinski definition) is 1. The lowest BCUT2D eigenvalue weighted by Gasteiger charge is -2.46. The van der Waals surface area contributed by atoms with Crippen LogP contribution in [0.4, 0.5) is 0 Å². The van der Waals surface area contributed by atoms with Gasteiger partial charge >= 0.3 is 0 Å². The highest BCUT2D eigenvalue weighted by Gasteiger charge is 2.52. The van der Waals surface area contributed by atoms with Crippen molar-refractivity contribution in [1.29, 1.82) is 0 Å². The second kappa shape index (κ2) is 3.11. The number of fused-ring (bicyclic) bond motifs is 3. The molecule has 1 spiro atoms. The third-order valence-corrected chi connectivity index (χ3v) is 4.54. The Morgan fingerprint density at radius 2 is 2.40 bits per heavy atom. The molecule has 0 aromatic carbocycles. The molecule has 0 saturated carbocycles. The summed E-state index contributed by atoms with van der Waals surface area (Å²) in [5.74, 6) is 1.56. The molecule has 3 unspecified atom stereocenters. The van der Waals surface area contributed by atoms with Crippen LogP contribution in [0.1, 0.15) is 19.8 Å². The number of rotatable bonds is 1. The lowest BCUT2D eigenvalue weighted by molar-refractivity contribution is 0.0743. The average molecular weight is 208 g/mol. The topological polar surface area (TPSA) is 44.9 Å². The van der Waals surface area contributed by atoms with Gasteiger partial charge in [-0.25, -0.2) is 0 Å². The van der Waals surface area contributed by atoms with Crippen molar-refractivity contribution in [1.82, 2.24) is 9.80 Å². The van der Waals surface area contributed by atoms with Gasteiger partial charge in [0.05, 0.1) is 12.1 Å². The molecule has 2 saturated heterocycles. The fourth-order valence-corrected chi connectivity index (χ4v) is 3.69. The van der Waals surface area contributed by atoms with E-state index in [0.29, 0.717) is 0 Å². The second-order valence-electron chi connectivity index (χ2n) is 5.06. The van der Waals surface area contributed by atoms with Crippen LogP contribution in [0.3, 0.4) is 0 Å². The van der Waals surface area contributed by atoms with Crippen molar-refractivity contribution in [2.45, 2.75) is 25.3 Å². The van der Waals surface area contributed by atoms with E-state index in [9.17, 15) is 0 Å². The van der Waals surface area contributed by atoms with Gasteiger partial charge in [0.1, 0.15) is 0 Å². The van der Waals surface area contributed by atoms with E-state index in [4.69, 9.17) is 5.73 Å². The van der Waals surface area contributed by atoms with Crippen LogP contribution in [-0.2, 0) is 0 Å². The van der Waals surface area contributed by atoms with E-state index >= 15 is 0 Å². The number of piperidine rings is 1. The molecule has 0 radical (unpaired) electrons. The fourth-order valence-electron chi connectivity index (χ4n) is 3.69. The van der Waals surface area contributed by atoms with Gasteiger partial charge in [-0.3, -0.25) is 4.99 Å². The van der Waals surface area contributed by atoms with Crippen LogP contribution in [0.2, 0.25) is 0 Å². The van der Waals surface area contributed by atoms with E-state index in [0.717, 1.165) is 25.0 Å². The summed E-state index contributed by atoms with van der Waals surface area (Å²) >= 11 is 0. The van der Waals surface area contributed by atoms with Crippen LogP contribution in [0.5, 0.6) is 0 Å². The minimum absolute atomic E-state index is 0.284. The summed E-state index contributed by atoms with van der Waals surface area (Å²) in [6.07, 6.45) is 2.58. The Morgan fingerprint density at radius 3 is 3.20 bits per heavy atom. The highest BCUT2D eigenvalue weighted by molar-refractivity contribution is 5.81. The Balaban J connectivity index is 1.90. The van der Waals surface area contributed by atoms with Crippen LogP contribution in [-0.4, -0.2) is 54.0 Å². The summed E-state index contributed by atoms with van der Waals surface area (Å²) in [6, 6.07) is 0. The predicted molar refractivity (Wildman–Crippen MR) is 60.8 cm³/mol. The first-order chi connectivity index (χ1) is 7.26. The molecule has 3 rings (SSSR count). The lowest BCUT2D eigenvalue weighted by atomic mass is 9.78. The molecule has 84 valence electrons. The lowest BCUT2D eigenvalue weighted by Crippen LogP contribution is -2.59. The summed E-state index contributed by atoms with van der Waals surface area (Å²) in [5, 5.41) is 0. The molecule has 0 aromatic heterocycles. The normalized spacial score (nSPS) is 43.8. The Hall–Kier alpha value is -0.770. The Bertz CT molecular complexity index is 301. The first kappa shape index (κ1) is 9.46. The highest BCUT2D eigenvalue weighted by atomic mass is 15.4. The third-order valence-electron chi connectivity index (χ3n) is 4.54. The molecule has 3 atom stereocenters. The molecule has 2 bridgehead atoms. The molecule has 3 aliphatic rings. The van der Waals surface area contributed by atoms with Crippen molar-refractivity contribution in [2.75, 3.05) is 32.7 Å². The van der Waals surface area contributed by atoms with Crippen molar-refractivity contribution in [3.63, 3.8) is 0 Å². The molecule has 0 aromatic rings. The van der Waals surface area contributed by atoms with E-state index in [1.54, 1.807) is 0 Å². The minimum atomic E-state index is 0.284. The zero-order chi connectivity index (χ0) is 10.5. The van der Waals surface area contributed by atoms with Gasteiger partial charge in [0.15, 0.2) is 5.96 Å². The van der Waals surface area contributed by atoms with Gasteiger partial charge in [0.2, 0.25) is 0 Å². The molecule has 2 N–H and O–H groups in total. The summed E-state index contributed by atoms with van der Waals surface area (Å²) in [4.78, 5) is 9.43. The van der Waals surface area contributed by atoms with Crippen LogP contribution in [0.25, 0.3) is 0 Å². The van der Waals surface area contributed by atoms with Crippen molar-refractivity contribution < 1.29 is 0 Å². The minimum Gasteiger partial charge on any atom is -0.370 e. The number of hydrogen-bond acceptors (Lipinski definition) is 4. The monoisotopic (exact) mass is 208 g/mol. The molecule has 4 heteroatoms. The van der Waals surface area contributed by atoms with Crippen LogP contribution < -0.4 is 5.73 Å². The third kappa shape index (κ3) is 1.14. The van der Waals surface area contributed by atoms with Gasteiger partial charge < -0.3 is 15.5 Å². The number of likely N-dealkylation sites (N-methyl/N-ethyl adjacent to an activating group) is 1. The zero-order valence-corrected chi connectivity index (χ0v) is 9.45. The molecular weight excluding hydrogens is 188 g/mol. The standard InChI is InChI=1S/C11H20N4/c1-2-15-10(12)13-8-11(15)4-6-14-5-3-9(11)7-14/h9H,2-8H2,1H3,(H2,12,13). The molecule has 0 aliphatic carbocycles. The maximum absolute atomic E-state index is 5.99. The van der Waals surface area contributed by atoms with Gasteiger partial charge in [-0.05, 0) is 32.2 Å². The van der Waals surface area contributed by atoms with Crippen LogP contribution >= 0.6 is 0 Å². The van der Waals surface area contributed by atoms with Crippen LogP contribution in [0.15, 0.2) is 4.99 Å². The quantitative estimate of drug-likeness (QED) is 0.665. The summed E-state index contributed by atoms with van der Waals surface area (Å²) in [6.45, 7) is 7.91. The SMILES string of the molecule is CCN1C(N)=NCC12CCN1CCC2C1. The summed E-state index contributed by atoms with van der Waals surface area (Å²) in [5.41, 5.74) is 6.27. The second-order valence-corrected chi connectivity index (χ2v) is 5.06. The van der Waals surface area contributed by atoms with E-state index in [2.05, 4.69) is 21.7 Å². The molecule has 0 amide bonds. The zero-order valence-electron chi connectivity index (χ0n) is 9.45. The maximum atomic E-state index is 5.99. The van der Waals surface area contributed by atoms with Crippen molar-refractivity contribution >= 4 is 5.96 Å². The average Bonchev–Trinajstić information content (AvgIpc) is 2.77. The van der Waals surface area contributed by atoms with Gasteiger partial charge in [-0.1, -0.05) is 0 Å². The number of nitrogens with two attached hydrogens (primary N) is 1. The molecule has 4 nitrogen and oxygen atoms in total. The molecule has 3 aliphatic heterocycles. The van der Waals surface area contributed by atoms with E-state index in [1.807, 2.05) is 0 Å². The van der Waals surface area contributed by atoms with Gasteiger partial charge in [0, 0.05) is 19.6 Å². The molecule has 3 heterocycles. The number of guanidine groups is 1. The smallest absolute Gasteiger partial charge is 0.191 e. The van der Waals surface area contributed by atoms with Gasteiger partial charge in [-0.15, -0.1) is 0 Å². The first-order valence-corrected chi connectivity index (χ1v) is 6.06. The predicted octanol–water partition coefficient (Wildman–Crippen LogP) is 0.101. The maximum Gasteiger partial charge on any atom is 0.191 e. The van der Waals surface area contributed by atoms with Crippen molar-refractivity contribution in [2.24, 2.45) is 16.6 Å². The van der Waals surface area contributed by atoms with Gasteiger partial charge in [-0.2, -0.15) is 0 Å². The first-order valence-electron chi connectivity index (χ1n) is 6.06. The largest absolute Gasteiger partial charge is 0.370 e. The fraction of sp³-hybridized carbons (Fsp3) is 0.909. The van der Waals surface area contributed by atoms with Crippen LogP contribution in [0, 0.1) is 5.92 Å². The molecule has 15 heavy (non-hydrogen) atoms. The summed E-state index contributed by atoms with van der Waals surface area (Å²) < 4.78 is 0. The molecule has 2 fully saturated rings. The highest BCUT2D eigenvalue weighted by Crippen LogP contribution is 2.42. The Kier molecular flexibility index (Phi) is 1.96. The van der Waals surface area contributed by atoms with Gasteiger partial charge in [0.25, 0.3) is 0 Å². The number of aliphatic imine (C=N–C) groups is 1. The van der Waals surface area contributed by atoms with E-state index < -0.39 is 0 Å².